The Morgan fingerprint density at radius 3 is 2.93 bits per heavy atom. The largest absolute Gasteiger partial charge is 0.393 e. The molecule has 74 valence electrons. The Labute approximate surface area is 87.5 Å². The van der Waals surface area contributed by atoms with Crippen LogP contribution in [-0.4, -0.2) is 15.9 Å². The van der Waals surface area contributed by atoms with E-state index in [1.165, 1.54) is 0 Å². The highest BCUT2D eigenvalue weighted by atomic mass is 32.1. The monoisotopic (exact) mass is 209 g/mol. The predicted octanol–water partition coefficient (Wildman–Crippen LogP) is 0.942. The third kappa shape index (κ3) is 2.77. The van der Waals surface area contributed by atoms with Gasteiger partial charge in [0.05, 0.1) is 22.8 Å². The molecule has 0 spiro atoms. The van der Waals surface area contributed by atoms with Crippen molar-refractivity contribution < 1.29 is 4.79 Å². The summed E-state index contributed by atoms with van der Waals surface area (Å²) in [5, 5.41) is 2.65. The lowest BCUT2D eigenvalue weighted by atomic mass is 10.1. The molecule has 1 aromatic rings. The Kier molecular flexibility index (Phi) is 3.53. The fourth-order valence-corrected chi connectivity index (χ4v) is 0.923. The first-order valence-electron chi connectivity index (χ1n) is 4.11. The van der Waals surface area contributed by atoms with Gasteiger partial charge in [0.15, 0.2) is 0 Å². The molecular weight excluding hydrogens is 198 g/mol. The van der Waals surface area contributed by atoms with E-state index < -0.39 is 5.92 Å². The molecule has 0 saturated carbocycles. The van der Waals surface area contributed by atoms with Gasteiger partial charge in [0, 0.05) is 6.20 Å². The van der Waals surface area contributed by atoms with Gasteiger partial charge in [0.2, 0.25) is 5.91 Å². The molecule has 0 aliphatic rings. The number of nitrogens with zero attached hydrogens (tertiary/aromatic N) is 1. The topological polar surface area (TPSA) is 68.0 Å². The van der Waals surface area contributed by atoms with Crippen molar-refractivity contribution >= 4 is 28.8 Å². The minimum absolute atomic E-state index is 0.186. The number of amides is 1. The van der Waals surface area contributed by atoms with Gasteiger partial charge in [0.1, 0.15) is 0 Å². The van der Waals surface area contributed by atoms with E-state index >= 15 is 0 Å². The zero-order valence-electron chi connectivity index (χ0n) is 7.73. The maximum Gasteiger partial charge on any atom is 0.234 e. The second kappa shape index (κ2) is 4.66. The number of aromatic nitrogens is 1. The van der Waals surface area contributed by atoms with E-state index in [1.807, 2.05) is 0 Å². The van der Waals surface area contributed by atoms with Crippen molar-refractivity contribution in [2.75, 3.05) is 5.32 Å². The number of anilines is 1. The van der Waals surface area contributed by atoms with Crippen LogP contribution in [0.2, 0.25) is 0 Å². The quantitative estimate of drug-likeness (QED) is 0.727. The first kappa shape index (κ1) is 10.6. The highest BCUT2D eigenvalue weighted by Gasteiger charge is 2.15. The number of rotatable bonds is 3. The van der Waals surface area contributed by atoms with Gasteiger partial charge in [-0.25, -0.2) is 0 Å². The van der Waals surface area contributed by atoms with Gasteiger partial charge in [-0.3, -0.25) is 9.78 Å². The van der Waals surface area contributed by atoms with Gasteiger partial charge in [-0.15, -0.1) is 0 Å². The van der Waals surface area contributed by atoms with Crippen LogP contribution in [0, 0.1) is 5.92 Å². The molecule has 0 aliphatic carbocycles. The van der Waals surface area contributed by atoms with Crippen molar-refractivity contribution in [1.82, 2.24) is 4.98 Å². The second-order valence-electron chi connectivity index (χ2n) is 2.86. The van der Waals surface area contributed by atoms with Crippen LogP contribution in [0.5, 0.6) is 0 Å². The molecule has 0 fully saturated rings. The summed E-state index contributed by atoms with van der Waals surface area (Å²) in [5.41, 5.74) is 5.98. The average molecular weight is 209 g/mol. The number of thiocarbonyl (C=S) groups is 1. The van der Waals surface area contributed by atoms with Crippen LogP contribution in [0.25, 0.3) is 0 Å². The number of nitrogens with two attached hydrogens (primary N) is 1. The molecule has 1 amide bonds. The van der Waals surface area contributed by atoms with E-state index in [0.29, 0.717) is 5.69 Å². The molecule has 1 atom stereocenters. The van der Waals surface area contributed by atoms with Gasteiger partial charge in [-0.2, -0.15) is 0 Å². The molecule has 1 rings (SSSR count). The van der Waals surface area contributed by atoms with Gasteiger partial charge in [-0.1, -0.05) is 12.2 Å². The average Bonchev–Trinajstić information content (AvgIpc) is 2.18. The normalized spacial score (nSPS) is 11.8. The predicted molar refractivity (Wildman–Crippen MR) is 58.8 cm³/mol. The Hall–Kier alpha value is -1.49. The lowest BCUT2D eigenvalue weighted by Crippen LogP contribution is -2.30. The highest BCUT2D eigenvalue weighted by molar-refractivity contribution is 7.80. The molecule has 4 nitrogen and oxygen atoms in total. The van der Waals surface area contributed by atoms with E-state index in [1.54, 1.807) is 31.5 Å². The van der Waals surface area contributed by atoms with Crippen LogP contribution < -0.4 is 11.1 Å². The molecule has 0 aliphatic heterocycles. The Bertz CT molecular complexity index is 339. The molecule has 1 heterocycles. The Balaban J connectivity index is 2.62. The summed E-state index contributed by atoms with van der Waals surface area (Å²) in [6.45, 7) is 1.66. The summed E-state index contributed by atoms with van der Waals surface area (Å²) in [5.74, 6) is -0.685. The fourth-order valence-electron chi connectivity index (χ4n) is 0.816. The van der Waals surface area contributed by atoms with Gasteiger partial charge < -0.3 is 11.1 Å². The maximum absolute atomic E-state index is 11.4. The SMILES string of the molecule is CC(C(=O)Nc1cccnc1)C(N)=S. The number of carbonyl (C=O) groups excluding carboxylic acids is 1. The van der Waals surface area contributed by atoms with Crippen LogP contribution in [0.4, 0.5) is 5.69 Å². The molecule has 5 heteroatoms. The molecule has 0 saturated heterocycles. The van der Waals surface area contributed by atoms with Crippen molar-refractivity contribution in [3.63, 3.8) is 0 Å². The third-order valence-corrected chi connectivity index (χ3v) is 2.10. The smallest absolute Gasteiger partial charge is 0.234 e. The van der Waals surface area contributed by atoms with Crippen molar-refractivity contribution in [1.29, 1.82) is 0 Å². The van der Waals surface area contributed by atoms with Crippen molar-refractivity contribution in [3.05, 3.63) is 24.5 Å². The van der Waals surface area contributed by atoms with Crippen molar-refractivity contribution in [2.45, 2.75) is 6.92 Å². The van der Waals surface area contributed by atoms with Crippen LogP contribution in [0.3, 0.4) is 0 Å². The maximum atomic E-state index is 11.4. The molecule has 0 radical (unpaired) electrons. The van der Waals surface area contributed by atoms with Crippen LogP contribution in [0.1, 0.15) is 6.92 Å². The molecule has 1 unspecified atom stereocenters. The standard InChI is InChI=1S/C9H11N3OS/c1-6(8(10)14)9(13)12-7-3-2-4-11-5-7/h2-6H,1H3,(H2,10,14)(H,12,13). The zero-order chi connectivity index (χ0) is 10.6. The number of pyridine rings is 1. The van der Waals surface area contributed by atoms with Crippen molar-refractivity contribution in [3.8, 4) is 0 Å². The van der Waals surface area contributed by atoms with Crippen LogP contribution in [0.15, 0.2) is 24.5 Å². The second-order valence-corrected chi connectivity index (χ2v) is 3.33. The van der Waals surface area contributed by atoms with Crippen molar-refractivity contribution in [2.24, 2.45) is 11.7 Å². The summed E-state index contributed by atoms with van der Waals surface area (Å²) >= 11 is 4.71. The number of hydrogen-bond acceptors (Lipinski definition) is 3. The zero-order valence-corrected chi connectivity index (χ0v) is 8.54. The van der Waals surface area contributed by atoms with E-state index in [4.69, 9.17) is 18.0 Å². The molecule has 1 aromatic heterocycles. The number of hydrogen-bond donors (Lipinski definition) is 2. The summed E-state index contributed by atoms with van der Waals surface area (Å²) in [6, 6.07) is 3.48. The number of carbonyl (C=O) groups is 1. The summed E-state index contributed by atoms with van der Waals surface area (Å²) in [6.07, 6.45) is 3.19. The first-order chi connectivity index (χ1) is 6.61. The Morgan fingerprint density at radius 2 is 2.43 bits per heavy atom. The minimum atomic E-state index is -0.467. The molecule has 0 aromatic carbocycles. The number of nitrogens with one attached hydrogen (secondary N) is 1. The molecule has 3 N–H and O–H groups in total. The van der Waals surface area contributed by atoms with E-state index in [2.05, 4.69) is 10.3 Å². The van der Waals surface area contributed by atoms with Gasteiger partial charge in [0.25, 0.3) is 0 Å². The molecular formula is C9H11N3OS. The van der Waals surface area contributed by atoms with Crippen LogP contribution >= 0.6 is 12.2 Å². The first-order valence-corrected chi connectivity index (χ1v) is 4.52. The Morgan fingerprint density at radius 1 is 1.71 bits per heavy atom. The minimum Gasteiger partial charge on any atom is -0.393 e. The van der Waals surface area contributed by atoms with Gasteiger partial charge >= 0.3 is 0 Å². The molecule has 0 bridgehead atoms. The van der Waals surface area contributed by atoms with E-state index in [0.717, 1.165) is 0 Å². The third-order valence-electron chi connectivity index (χ3n) is 1.75. The summed E-state index contributed by atoms with van der Waals surface area (Å²) in [7, 11) is 0. The van der Waals surface area contributed by atoms with E-state index in [9.17, 15) is 4.79 Å². The molecule has 14 heavy (non-hydrogen) atoms. The lowest BCUT2D eigenvalue weighted by Gasteiger charge is -2.09. The summed E-state index contributed by atoms with van der Waals surface area (Å²) in [4.78, 5) is 15.5. The lowest BCUT2D eigenvalue weighted by molar-refractivity contribution is -0.117. The van der Waals surface area contributed by atoms with E-state index in [-0.39, 0.29) is 10.9 Å². The van der Waals surface area contributed by atoms with Gasteiger partial charge in [-0.05, 0) is 19.1 Å². The fraction of sp³-hybridized carbons (Fsp3) is 0.222. The van der Waals surface area contributed by atoms with Crippen LogP contribution in [-0.2, 0) is 4.79 Å². The highest BCUT2D eigenvalue weighted by Crippen LogP contribution is 2.05. The summed E-state index contributed by atoms with van der Waals surface area (Å²) < 4.78 is 0.